The molecule has 0 bridgehead atoms. The van der Waals surface area contributed by atoms with E-state index in [2.05, 4.69) is 6.58 Å². The highest BCUT2D eigenvalue weighted by atomic mass is 16.8. The lowest BCUT2D eigenvalue weighted by Gasteiger charge is -2.34. The van der Waals surface area contributed by atoms with Gasteiger partial charge in [-0.05, 0) is 25.7 Å². The summed E-state index contributed by atoms with van der Waals surface area (Å²) in [5, 5.41) is 21.4. The van der Waals surface area contributed by atoms with Crippen molar-refractivity contribution < 1.29 is 29.2 Å². The molecule has 2 spiro atoms. The first-order valence-electron chi connectivity index (χ1n) is 10.2. The zero-order chi connectivity index (χ0) is 18.2. The first-order chi connectivity index (χ1) is 12.6. The Bertz CT molecular complexity index is 497. The van der Waals surface area contributed by atoms with Gasteiger partial charge in [0.2, 0.25) is 0 Å². The van der Waals surface area contributed by atoms with Crippen molar-refractivity contribution in [1.29, 1.82) is 0 Å². The van der Waals surface area contributed by atoms with Crippen LogP contribution in [-0.2, 0) is 18.9 Å². The van der Waals surface area contributed by atoms with Crippen LogP contribution in [0.4, 0.5) is 0 Å². The summed E-state index contributed by atoms with van der Waals surface area (Å²) in [6.45, 7) is 4.03. The van der Waals surface area contributed by atoms with Gasteiger partial charge in [0.1, 0.15) is 30.5 Å². The third-order valence-corrected chi connectivity index (χ3v) is 6.43. The molecule has 0 radical (unpaired) electrons. The highest BCUT2D eigenvalue weighted by Crippen LogP contribution is 2.44. The van der Waals surface area contributed by atoms with Gasteiger partial charge >= 0.3 is 0 Å². The lowest BCUT2D eigenvalue weighted by Crippen LogP contribution is -2.48. The second kappa shape index (κ2) is 7.49. The fourth-order valence-electron chi connectivity index (χ4n) is 4.96. The predicted molar refractivity (Wildman–Crippen MR) is 94.4 cm³/mol. The molecule has 2 saturated heterocycles. The molecule has 4 aliphatic rings. The van der Waals surface area contributed by atoms with Crippen LogP contribution >= 0.6 is 0 Å². The average molecular weight is 368 g/mol. The molecule has 2 heterocycles. The van der Waals surface area contributed by atoms with Crippen molar-refractivity contribution in [3.8, 4) is 0 Å². The number of hydrogen-bond donors (Lipinski definition) is 2. The van der Waals surface area contributed by atoms with E-state index in [1.54, 1.807) is 0 Å². The van der Waals surface area contributed by atoms with Crippen LogP contribution < -0.4 is 0 Å². The number of aliphatic hydroxyl groups is 2. The molecule has 5 atom stereocenters. The van der Waals surface area contributed by atoms with Crippen molar-refractivity contribution in [3.63, 3.8) is 0 Å². The Morgan fingerprint density at radius 2 is 1.38 bits per heavy atom. The first-order valence-corrected chi connectivity index (χ1v) is 10.2. The van der Waals surface area contributed by atoms with Crippen molar-refractivity contribution >= 4 is 0 Å². The number of hydrogen-bond acceptors (Lipinski definition) is 6. The molecular formula is C20H32O6. The smallest absolute Gasteiger partial charge is 0.169 e. The van der Waals surface area contributed by atoms with Gasteiger partial charge in [-0.25, -0.2) is 0 Å². The minimum atomic E-state index is -0.905. The van der Waals surface area contributed by atoms with Crippen LogP contribution in [0.3, 0.4) is 0 Å². The standard InChI is InChI=1S/C20H32O6/c1-2-14(21)17-18(26-20(25-17)11-7-4-8-12-20)16(22)15-13-23-19(24-15)9-5-3-6-10-19/h2,14-18,21-22H,1,3-13H2/t14-,15?,16+,17+,18?/m1/s1. The van der Waals surface area contributed by atoms with Crippen LogP contribution in [0.25, 0.3) is 0 Å². The van der Waals surface area contributed by atoms with Gasteiger partial charge in [0, 0.05) is 25.7 Å². The Balaban J connectivity index is 1.47. The van der Waals surface area contributed by atoms with Gasteiger partial charge in [-0.3, -0.25) is 0 Å². The lowest BCUT2D eigenvalue weighted by atomic mass is 9.94. The summed E-state index contributed by atoms with van der Waals surface area (Å²) < 4.78 is 24.6. The van der Waals surface area contributed by atoms with Crippen LogP contribution in [0.1, 0.15) is 64.2 Å². The summed E-state index contributed by atoms with van der Waals surface area (Å²) in [4.78, 5) is 0. The van der Waals surface area contributed by atoms with Gasteiger partial charge in [-0.2, -0.15) is 0 Å². The SMILES string of the molecule is C=C[C@@H](O)[C@@H]1OC2(CCCCC2)OC1[C@@H](O)C1COC2(CCCCC2)O1. The maximum Gasteiger partial charge on any atom is 0.169 e. The summed E-state index contributed by atoms with van der Waals surface area (Å²) in [6, 6.07) is 0. The van der Waals surface area contributed by atoms with Gasteiger partial charge < -0.3 is 29.2 Å². The summed E-state index contributed by atoms with van der Waals surface area (Å²) in [5.41, 5.74) is 0. The molecule has 4 rings (SSSR count). The van der Waals surface area contributed by atoms with Crippen molar-refractivity contribution in [2.24, 2.45) is 0 Å². The predicted octanol–water partition coefficient (Wildman–Crippen LogP) is 2.41. The molecule has 2 saturated carbocycles. The van der Waals surface area contributed by atoms with Gasteiger partial charge in [-0.1, -0.05) is 18.9 Å². The van der Waals surface area contributed by atoms with E-state index < -0.39 is 42.1 Å². The van der Waals surface area contributed by atoms with Crippen LogP contribution in [0.15, 0.2) is 12.7 Å². The van der Waals surface area contributed by atoms with Crippen molar-refractivity contribution in [2.45, 2.75) is 106 Å². The van der Waals surface area contributed by atoms with E-state index in [0.29, 0.717) is 6.61 Å². The monoisotopic (exact) mass is 368 g/mol. The quantitative estimate of drug-likeness (QED) is 0.742. The topological polar surface area (TPSA) is 77.4 Å². The van der Waals surface area contributed by atoms with Gasteiger partial charge in [-0.15, -0.1) is 6.58 Å². The van der Waals surface area contributed by atoms with Crippen molar-refractivity contribution in [1.82, 2.24) is 0 Å². The molecule has 2 aliphatic heterocycles. The fraction of sp³-hybridized carbons (Fsp3) is 0.900. The molecule has 2 aliphatic carbocycles. The summed E-state index contributed by atoms with van der Waals surface area (Å²) >= 11 is 0. The third-order valence-electron chi connectivity index (χ3n) is 6.43. The van der Waals surface area contributed by atoms with Crippen molar-refractivity contribution in [2.75, 3.05) is 6.61 Å². The molecule has 0 aromatic carbocycles. The molecule has 148 valence electrons. The Hall–Kier alpha value is -0.500. The molecule has 4 fully saturated rings. The van der Waals surface area contributed by atoms with E-state index in [0.717, 1.165) is 51.4 Å². The Labute approximate surface area is 155 Å². The Morgan fingerprint density at radius 1 is 0.808 bits per heavy atom. The number of ether oxygens (including phenoxy) is 4. The molecular weight excluding hydrogens is 336 g/mol. The Morgan fingerprint density at radius 3 is 2.00 bits per heavy atom. The van der Waals surface area contributed by atoms with Gasteiger partial charge in [0.25, 0.3) is 0 Å². The summed E-state index contributed by atoms with van der Waals surface area (Å²) in [6.07, 6.45) is 7.88. The fourth-order valence-corrected chi connectivity index (χ4v) is 4.96. The Kier molecular flexibility index (Phi) is 5.43. The minimum Gasteiger partial charge on any atom is -0.387 e. The first kappa shape index (κ1) is 18.8. The van der Waals surface area contributed by atoms with Crippen molar-refractivity contribution in [3.05, 3.63) is 12.7 Å². The van der Waals surface area contributed by atoms with Crippen LogP contribution in [0.5, 0.6) is 0 Å². The van der Waals surface area contributed by atoms with E-state index in [9.17, 15) is 10.2 Å². The second-order valence-electron chi connectivity index (χ2n) is 8.29. The third kappa shape index (κ3) is 3.48. The van der Waals surface area contributed by atoms with Crippen LogP contribution in [0, 0.1) is 0 Å². The summed E-state index contributed by atoms with van der Waals surface area (Å²) in [5.74, 6) is -1.24. The molecule has 0 amide bonds. The minimum absolute atomic E-state index is 0.352. The highest BCUT2D eigenvalue weighted by molar-refractivity contribution is 5.01. The largest absolute Gasteiger partial charge is 0.387 e. The maximum absolute atomic E-state index is 11.0. The zero-order valence-electron chi connectivity index (χ0n) is 15.5. The number of aliphatic hydroxyl groups excluding tert-OH is 2. The molecule has 2 unspecified atom stereocenters. The van der Waals surface area contributed by atoms with Crippen LogP contribution in [0.2, 0.25) is 0 Å². The molecule has 6 heteroatoms. The van der Waals surface area contributed by atoms with E-state index in [1.165, 1.54) is 18.9 Å². The van der Waals surface area contributed by atoms with E-state index >= 15 is 0 Å². The molecule has 0 aromatic heterocycles. The van der Waals surface area contributed by atoms with Gasteiger partial charge in [0.05, 0.1) is 6.61 Å². The normalized spacial score (nSPS) is 38.5. The van der Waals surface area contributed by atoms with Crippen LogP contribution in [-0.4, -0.2) is 58.9 Å². The van der Waals surface area contributed by atoms with E-state index in [4.69, 9.17) is 18.9 Å². The summed E-state index contributed by atoms with van der Waals surface area (Å²) in [7, 11) is 0. The van der Waals surface area contributed by atoms with E-state index in [1.807, 2.05) is 0 Å². The zero-order valence-corrected chi connectivity index (χ0v) is 15.5. The molecule has 6 nitrogen and oxygen atoms in total. The molecule has 2 N–H and O–H groups in total. The average Bonchev–Trinajstić information content (AvgIpc) is 3.24. The second-order valence-corrected chi connectivity index (χ2v) is 8.29. The lowest BCUT2D eigenvalue weighted by molar-refractivity contribution is -0.217. The maximum atomic E-state index is 11.0. The highest BCUT2D eigenvalue weighted by Gasteiger charge is 2.55. The molecule has 0 aromatic rings. The van der Waals surface area contributed by atoms with Gasteiger partial charge in [0.15, 0.2) is 11.6 Å². The molecule has 26 heavy (non-hydrogen) atoms. The number of rotatable bonds is 4. The van der Waals surface area contributed by atoms with E-state index in [-0.39, 0.29) is 0 Å².